The van der Waals surface area contributed by atoms with Crippen molar-refractivity contribution in [2.75, 3.05) is 11.9 Å². The van der Waals surface area contributed by atoms with E-state index in [9.17, 15) is 18.0 Å². The number of halogens is 4. The molecule has 0 radical (unpaired) electrons. The number of anilines is 1. The van der Waals surface area contributed by atoms with E-state index < -0.39 is 17.6 Å². The van der Waals surface area contributed by atoms with Crippen molar-refractivity contribution < 1.29 is 18.0 Å². The third-order valence-corrected chi connectivity index (χ3v) is 6.75. The maximum atomic E-state index is 13.3. The number of carbonyl (C=O) groups excluding carboxylic acids is 1. The van der Waals surface area contributed by atoms with Gasteiger partial charge in [-0.25, -0.2) is 0 Å². The minimum Gasteiger partial charge on any atom is -0.385 e. The molecule has 0 aromatic heterocycles. The lowest BCUT2D eigenvalue weighted by Crippen LogP contribution is -2.22. The summed E-state index contributed by atoms with van der Waals surface area (Å²) in [5.74, 6) is -0.642. The van der Waals surface area contributed by atoms with Crippen LogP contribution in [0.2, 0.25) is 5.02 Å². The summed E-state index contributed by atoms with van der Waals surface area (Å²) in [7, 11) is 0. The lowest BCUT2D eigenvalue weighted by Gasteiger charge is -2.30. The number of benzene rings is 2. The molecule has 3 rings (SSSR count). The molecule has 0 bridgehead atoms. The van der Waals surface area contributed by atoms with Crippen molar-refractivity contribution in [2.45, 2.75) is 64.0 Å². The van der Waals surface area contributed by atoms with Gasteiger partial charge in [0, 0.05) is 12.2 Å². The molecule has 2 aromatic rings. The van der Waals surface area contributed by atoms with E-state index >= 15 is 0 Å². The van der Waals surface area contributed by atoms with Gasteiger partial charge in [0.25, 0.3) is 0 Å². The molecule has 174 valence electrons. The molecule has 0 atom stereocenters. The molecule has 7 heteroatoms. The van der Waals surface area contributed by atoms with E-state index in [2.05, 4.69) is 50.4 Å². The van der Waals surface area contributed by atoms with Crippen molar-refractivity contribution in [3.8, 4) is 0 Å². The molecule has 0 heterocycles. The first-order chi connectivity index (χ1) is 14.9. The highest BCUT2D eigenvalue weighted by Gasteiger charge is 2.34. The van der Waals surface area contributed by atoms with Crippen LogP contribution in [-0.4, -0.2) is 12.5 Å². The van der Waals surface area contributed by atoms with E-state index in [1.807, 2.05) is 0 Å². The first kappa shape index (κ1) is 24.4. The Morgan fingerprint density at radius 2 is 1.62 bits per heavy atom. The first-order valence-electron chi connectivity index (χ1n) is 10.9. The summed E-state index contributed by atoms with van der Waals surface area (Å²) >= 11 is 6.30. The summed E-state index contributed by atoms with van der Waals surface area (Å²) in [6.07, 6.45) is -1.39. The quantitative estimate of drug-likeness (QED) is 0.492. The van der Waals surface area contributed by atoms with Gasteiger partial charge in [-0.1, -0.05) is 44.5 Å². The Morgan fingerprint density at radius 3 is 2.12 bits per heavy atom. The van der Waals surface area contributed by atoms with Crippen LogP contribution in [0.15, 0.2) is 36.4 Å². The van der Waals surface area contributed by atoms with Crippen molar-refractivity contribution in [1.82, 2.24) is 0 Å². The number of nitrogens with two attached hydrogens (primary N) is 1. The molecule has 1 amide bonds. The lowest BCUT2D eigenvalue weighted by molar-refractivity contribution is -0.137. The van der Waals surface area contributed by atoms with E-state index in [4.69, 9.17) is 17.3 Å². The molecule has 32 heavy (non-hydrogen) atoms. The van der Waals surface area contributed by atoms with Crippen LogP contribution in [-0.2, 0) is 11.6 Å². The Bertz CT molecular complexity index is 957. The number of hydrogen-bond acceptors (Lipinski definition) is 2. The van der Waals surface area contributed by atoms with E-state index in [-0.39, 0.29) is 21.9 Å². The third-order valence-electron chi connectivity index (χ3n) is 6.33. The fourth-order valence-electron chi connectivity index (χ4n) is 4.31. The van der Waals surface area contributed by atoms with Gasteiger partial charge in [0.05, 0.1) is 16.1 Å². The van der Waals surface area contributed by atoms with Gasteiger partial charge in [-0.15, -0.1) is 0 Å². The van der Waals surface area contributed by atoms with Gasteiger partial charge >= 0.3 is 6.18 Å². The van der Waals surface area contributed by atoms with Crippen LogP contribution in [0.4, 0.5) is 18.9 Å². The zero-order valence-electron chi connectivity index (χ0n) is 18.7. The zero-order valence-corrected chi connectivity index (χ0v) is 19.4. The standard InChI is InChI=1S/C25H30ClF3N2O/c1-24(2,3)17-8-10-19(11-9-17)31-14-15-4-6-16(7-5-15)20-12-18(25(27,28)29)13-21(22(20)26)23(30)32/h8-13,15-16,31H,4-7,14H2,1-3H3,(H2,30,32). The molecule has 3 N–H and O–H groups in total. The summed E-state index contributed by atoms with van der Waals surface area (Å²) < 4.78 is 40.0. The number of amides is 1. The number of alkyl halides is 3. The SMILES string of the molecule is CC(C)(C)c1ccc(NCC2CCC(c3cc(C(F)(F)F)cc(C(N)=O)c3Cl)CC2)cc1. The molecule has 0 spiro atoms. The molecule has 3 nitrogen and oxygen atoms in total. The van der Waals surface area contributed by atoms with Crippen LogP contribution >= 0.6 is 11.6 Å². The minimum absolute atomic E-state index is 0.0472. The summed E-state index contributed by atoms with van der Waals surface area (Å²) in [4.78, 5) is 11.6. The zero-order chi connectivity index (χ0) is 23.7. The highest BCUT2D eigenvalue weighted by molar-refractivity contribution is 6.34. The first-order valence-corrected chi connectivity index (χ1v) is 11.3. The Labute approximate surface area is 192 Å². The van der Waals surface area contributed by atoms with E-state index in [0.717, 1.165) is 37.2 Å². The molecule has 0 aliphatic heterocycles. The maximum absolute atomic E-state index is 13.3. The van der Waals surface area contributed by atoms with Crippen molar-refractivity contribution in [3.05, 3.63) is 63.7 Å². The molecule has 1 aliphatic carbocycles. The fourth-order valence-corrected chi connectivity index (χ4v) is 4.67. The van der Waals surface area contributed by atoms with Gasteiger partial charge in [-0.2, -0.15) is 13.2 Å². The summed E-state index contributed by atoms with van der Waals surface area (Å²) in [6, 6.07) is 10.2. The van der Waals surface area contributed by atoms with Crippen molar-refractivity contribution in [3.63, 3.8) is 0 Å². The van der Waals surface area contributed by atoms with Gasteiger partial charge in [0.15, 0.2) is 0 Å². The van der Waals surface area contributed by atoms with Crippen LogP contribution in [0.3, 0.4) is 0 Å². The predicted molar refractivity (Wildman–Crippen MR) is 123 cm³/mol. The molecule has 1 saturated carbocycles. The smallest absolute Gasteiger partial charge is 0.385 e. The summed E-state index contributed by atoms with van der Waals surface area (Å²) in [5.41, 5.74) is 6.95. The second-order valence-electron chi connectivity index (χ2n) is 9.71. The number of rotatable bonds is 5. The minimum atomic E-state index is -4.56. The van der Waals surface area contributed by atoms with E-state index in [0.29, 0.717) is 24.3 Å². The van der Waals surface area contributed by atoms with Crippen LogP contribution in [0, 0.1) is 5.92 Å². The third kappa shape index (κ3) is 5.77. The summed E-state index contributed by atoms with van der Waals surface area (Å²) in [5, 5.41) is 3.52. The molecule has 0 saturated heterocycles. The lowest BCUT2D eigenvalue weighted by atomic mass is 9.78. The topological polar surface area (TPSA) is 55.1 Å². The average Bonchev–Trinajstić information content (AvgIpc) is 2.71. The monoisotopic (exact) mass is 466 g/mol. The fraction of sp³-hybridized carbons (Fsp3) is 0.480. The van der Waals surface area contributed by atoms with Crippen molar-refractivity contribution in [2.24, 2.45) is 11.7 Å². The van der Waals surface area contributed by atoms with E-state index in [1.165, 1.54) is 5.56 Å². The van der Waals surface area contributed by atoms with Crippen molar-refractivity contribution >= 4 is 23.2 Å². The highest BCUT2D eigenvalue weighted by atomic mass is 35.5. The molecular weight excluding hydrogens is 437 g/mol. The average molecular weight is 467 g/mol. The van der Waals surface area contributed by atoms with Gasteiger partial charge in [0.1, 0.15) is 0 Å². The molecule has 1 aliphatic rings. The van der Waals surface area contributed by atoms with Crippen LogP contribution < -0.4 is 11.1 Å². The van der Waals surface area contributed by atoms with Gasteiger partial charge in [-0.05, 0) is 78.3 Å². The number of nitrogens with one attached hydrogen (secondary N) is 1. The molecular formula is C25H30ClF3N2O. The van der Waals surface area contributed by atoms with Crippen LogP contribution in [0.5, 0.6) is 0 Å². The van der Waals surface area contributed by atoms with Crippen molar-refractivity contribution in [1.29, 1.82) is 0 Å². The largest absolute Gasteiger partial charge is 0.416 e. The second-order valence-corrected chi connectivity index (χ2v) is 10.1. The highest BCUT2D eigenvalue weighted by Crippen LogP contribution is 2.42. The normalized spacial score (nSPS) is 19.6. The molecule has 0 unspecified atom stereocenters. The predicted octanol–water partition coefficient (Wildman–Crippen LogP) is 7.14. The number of primary amides is 1. The van der Waals surface area contributed by atoms with Gasteiger partial charge < -0.3 is 11.1 Å². The molecule has 2 aromatic carbocycles. The number of carbonyl (C=O) groups is 1. The number of hydrogen-bond donors (Lipinski definition) is 2. The van der Waals surface area contributed by atoms with Crippen LogP contribution in [0.1, 0.15) is 79.4 Å². The molecule has 1 fully saturated rings. The van der Waals surface area contributed by atoms with Gasteiger partial charge in [-0.3, -0.25) is 4.79 Å². The Morgan fingerprint density at radius 1 is 1.03 bits per heavy atom. The van der Waals surface area contributed by atoms with E-state index in [1.54, 1.807) is 0 Å². The Balaban J connectivity index is 1.64. The van der Waals surface area contributed by atoms with Crippen LogP contribution in [0.25, 0.3) is 0 Å². The maximum Gasteiger partial charge on any atom is 0.416 e. The Hall–Kier alpha value is -2.21. The summed E-state index contributed by atoms with van der Waals surface area (Å²) in [6.45, 7) is 7.34. The van der Waals surface area contributed by atoms with Gasteiger partial charge in [0.2, 0.25) is 5.91 Å². The Kier molecular flexibility index (Phi) is 7.13. The second kappa shape index (κ2) is 9.34.